The number of nitrogens with zero attached hydrogens (tertiary/aromatic N) is 5. The summed E-state index contributed by atoms with van der Waals surface area (Å²) in [6.07, 6.45) is 2.06. The normalized spacial score (nSPS) is 12.5. The molecular formula is C85H75N5OPt. The number of rotatable bonds is 9. The molecule has 0 aliphatic carbocycles. The van der Waals surface area contributed by atoms with Crippen LogP contribution in [0.25, 0.3) is 78.0 Å². The molecule has 1 aliphatic heterocycles. The molecule has 7 heteroatoms. The van der Waals surface area contributed by atoms with Gasteiger partial charge in [-0.25, -0.2) is 0 Å². The first-order valence-corrected chi connectivity index (χ1v) is 33.0. The van der Waals surface area contributed by atoms with Crippen LogP contribution in [-0.2, 0) is 35.6 Å². The average Bonchev–Trinajstić information content (AvgIpc) is 1.30. The number of hydrogen-bond acceptors (Lipinski definition) is 4. The third-order valence-electron chi connectivity index (χ3n) is 18.0. The number of aryl methyl sites for hydroxylation is 1. The van der Waals surface area contributed by atoms with Gasteiger partial charge in [0, 0.05) is 23.0 Å². The van der Waals surface area contributed by atoms with Crippen molar-refractivity contribution < 1.29 is 24.1 Å². The predicted octanol–water partition coefficient (Wildman–Crippen LogP) is 23.5. The van der Waals surface area contributed by atoms with Crippen LogP contribution in [0.4, 0.5) is 34.3 Å². The number of benzene rings is 11. The van der Waals surface area contributed by atoms with Crippen molar-refractivity contribution in [2.75, 3.05) is 9.80 Å². The molecule has 3 heterocycles. The van der Waals surface area contributed by atoms with E-state index in [0.29, 0.717) is 11.5 Å². The van der Waals surface area contributed by atoms with Crippen molar-refractivity contribution >= 4 is 45.3 Å². The number of anilines is 6. The van der Waals surface area contributed by atoms with Crippen LogP contribution in [0.1, 0.15) is 84.6 Å². The van der Waals surface area contributed by atoms with E-state index in [9.17, 15) is 0 Å². The number of hydrogen-bond donors (Lipinski definition) is 0. The molecule has 0 saturated carbocycles. The maximum absolute atomic E-state index is 7.28. The van der Waals surface area contributed by atoms with Gasteiger partial charge in [0.2, 0.25) is 0 Å². The third kappa shape index (κ3) is 11.1. The van der Waals surface area contributed by atoms with Crippen LogP contribution < -0.4 is 14.5 Å². The van der Waals surface area contributed by atoms with Crippen molar-refractivity contribution in [2.45, 2.75) is 85.5 Å². The number of aromatic nitrogens is 3. The van der Waals surface area contributed by atoms with E-state index in [2.05, 4.69) is 381 Å². The minimum Gasteiger partial charge on any atom is -0.0579 e. The van der Waals surface area contributed by atoms with E-state index in [0.717, 1.165) is 122 Å². The van der Waals surface area contributed by atoms with Gasteiger partial charge in [-0.2, -0.15) is 0 Å². The standard InChI is InChI=1S/C85H75N5O.Pt/c1-57-49-81(86-55-74(57)60-43-45-61(46-44-60)83(2,3)4)90-77-40-22-19-34-71(77)70-33-17-20-38-75(70)89(65-51-62(84(5,6)7)50-63(52-65)85(8,9)10)76-39-21-18-35-72(76)73-48-47-67(54-80(73)90)91-66-32-25-31-64(53-66)87-56-88(79-42-24-23-41-78(79)87)82-68(58-27-13-11-14-28-58)36-26-37-69(82)59-29-15-12-16-30-59;/h11-55H,1-10H3;. The van der Waals surface area contributed by atoms with Gasteiger partial charge in [0.1, 0.15) is 0 Å². The average molecular weight is 1380 g/mol. The number of ether oxygens (including phenoxy) is 1. The second-order valence-electron chi connectivity index (χ2n) is 27.3. The van der Waals surface area contributed by atoms with E-state index in [-0.39, 0.29) is 16.2 Å². The number of imidazole rings is 1. The first kappa shape index (κ1) is 59.7. The van der Waals surface area contributed by atoms with Gasteiger partial charge in [-0.05, 0) is 75.3 Å². The Morgan fingerprint density at radius 3 is 1.34 bits per heavy atom. The topological polar surface area (TPSA) is 38.5 Å². The minimum absolute atomic E-state index is 0.0362. The third-order valence-corrected chi connectivity index (χ3v) is 19.0. The Bertz CT molecular complexity index is 4910. The van der Waals surface area contributed by atoms with Crippen LogP contribution in [0, 0.1) is 10.7 Å². The van der Waals surface area contributed by atoms with E-state index in [4.69, 9.17) is 9.72 Å². The second kappa shape index (κ2) is 23.7. The number of pyridine rings is 1. The van der Waals surface area contributed by atoms with Gasteiger partial charge >= 0.3 is 306 Å². The van der Waals surface area contributed by atoms with Crippen LogP contribution in [0.3, 0.4) is 0 Å². The Hall–Kier alpha value is -9.87. The molecule has 0 saturated heterocycles. The SMILES string of the molecule is Cc1cc(N2c3ccccc3-c3ccccc3N(c3cc(C(C)(C)C)cc(C(C)(C)C)c3)c3ccccc3-c3ccc(Oc4cccc(-n5[c](=[Pt])n(-c6c(-c7ccccc7)cccc6-c6ccccc6)c6ccccc65)c4)cc32)ncc1-c1ccc(C(C)(C)C)cc1. The summed E-state index contributed by atoms with van der Waals surface area (Å²) in [5.41, 5.74) is 25.2. The molecule has 456 valence electrons. The predicted molar refractivity (Wildman–Crippen MR) is 381 cm³/mol. The van der Waals surface area contributed by atoms with Crippen LogP contribution in [0.5, 0.6) is 11.5 Å². The van der Waals surface area contributed by atoms with Crippen molar-refractivity contribution in [3.8, 4) is 78.5 Å². The molecule has 0 radical (unpaired) electrons. The van der Waals surface area contributed by atoms with Crippen molar-refractivity contribution in [2.24, 2.45) is 0 Å². The molecular weight excluding hydrogens is 1300 g/mol. The van der Waals surface area contributed by atoms with E-state index < -0.39 is 0 Å². The van der Waals surface area contributed by atoms with Crippen LogP contribution >= 0.6 is 0 Å². The Morgan fingerprint density at radius 2 is 0.793 bits per heavy atom. The zero-order chi connectivity index (χ0) is 63.6. The summed E-state index contributed by atoms with van der Waals surface area (Å²) in [5, 5.41) is 0. The molecule has 0 unspecified atom stereocenters. The smallest absolute Gasteiger partial charge is 0.0579 e. The molecule has 11 aromatic carbocycles. The molecule has 0 fully saturated rings. The van der Waals surface area contributed by atoms with Crippen molar-refractivity contribution in [3.63, 3.8) is 0 Å². The monoisotopic (exact) mass is 1380 g/mol. The minimum atomic E-state index is -0.115. The van der Waals surface area contributed by atoms with Crippen molar-refractivity contribution in [1.82, 2.24) is 14.1 Å². The van der Waals surface area contributed by atoms with Gasteiger partial charge in [0.05, 0.1) is 5.69 Å². The molecule has 0 N–H and O–H groups in total. The molecule has 0 bridgehead atoms. The summed E-state index contributed by atoms with van der Waals surface area (Å²) >= 11 is 2.53. The Balaban J connectivity index is 0.968. The zero-order valence-electron chi connectivity index (χ0n) is 53.9. The fraction of sp³-hybridized carbons (Fsp3) is 0.153. The van der Waals surface area contributed by atoms with Crippen LogP contribution in [-0.4, -0.2) is 14.1 Å². The Kier molecular flexibility index (Phi) is 15.4. The van der Waals surface area contributed by atoms with E-state index in [1.807, 2.05) is 0 Å². The number of para-hydroxylation sites is 6. The molecule has 92 heavy (non-hydrogen) atoms. The first-order chi connectivity index (χ1) is 44.4. The summed E-state index contributed by atoms with van der Waals surface area (Å²) in [6, 6.07) is 97.0. The molecule has 2 aromatic heterocycles. The van der Waals surface area contributed by atoms with Gasteiger partial charge in [0.15, 0.2) is 0 Å². The van der Waals surface area contributed by atoms with Gasteiger partial charge in [-0.15, -0.1) is 0 Å². The van der Waals surface area contributed by atoms with E-state index in [1.54, 1.807) is 0 Å². The van der Waals surface area contributed by atoms with Gasteiger partial charge in [-0.1, -0.05) is 141 Å². The van der Waals surface area contributed by atoms with Gasteiger partial charge < -0.3 is 4.90 Å². The molecule has 0 spiro atoms. The fourth-order valence-electron chi connectivity index (χ4n) is 13.1. The summed E-state index contributed by atoms with van der Waals surface area (Å²) in [4.78, 5) is 10.4. The summed E-state index contributed by atoms with van der Waals surface area (Å²) < 4.78 is 13.1. The van der Waals surface area contributed by atoms with Crippen molar-refractivity contribution in [1.29, 1.82) is 0 Å². The van der Waals surface area contributed by atoms with E-state index >= 15 is 0 Å². The van der Waals surface area contributed by atoms with E-state index in [1.165, 1.54) is 16.7 Å². The quantitative estimate of drug-likeness (QED) is 0.144. The summed E-state index contributed by atoms with van der Waals surface area (Å²) in [5.74, 6) is 2.17. The van der Waals surface area contributed by atoms with Crippen LogP contribution in [0.15, 0.2) is 273 Å². The van der Waals surface area contributed by atoms with Crippen molar-refractivity contribution in [3.05, 3.63) is 299 Å². The summed E-state index contributed by atoms with van der Waals surface area (Å²) in [7, 11) is 0. The van der Waals surface area contributed by atoms with Gasteiger partial charge in [0.25, 0.3) is 0 Å². The number of fused-ring (bicyclic) bond motifs is 7. The molecule has 6 nitrogen and oxygen atoms in total. The molecule has 0 atom stereocenters. The second-order valence-corrected chi connectivity index (χ2v) is 28.3. The Morgan fingerprint density at radius 1 is 0.337 bits per heavy atom. The summed E-state index contributed by atoms with van der Waals surface area (Å²) in [6.45, 7) is 22.9. The van der Waals surface area contributed by atoms with Gasteiger partial charge in [-0.3, -0.25) is 0 Å². The zero-order valence-corrected chi connectivity index (χ0v) is 56.2. The molecule has 0 amide bonds. The fourth-order valence-corrected chi connectivity index (χ4v) is 14.2. The Labute approximate surface area is 552 Å². The van der Waals surface area contributed by atoms with Crippen LogP contribution in [0.2, 0.25) is 0 Å². The molecule has 14 rings (SSSR count). The molecule has 13 aromatic rings. The maximum atomic E-state index is 7.28. The molecule has 1 aliphatic rings. The first-order valence-electron chi connectivity index (χ1n) is 31.8.